The molecule has 2 fully saturated rings. The van der Waals surface area contributed by atoms with Gasteiger partial charge in [-0.15, -0.1) is 0 Å². The average molecular weight is 322 g/mol. The van der Waals surface area contributed by atoms with Crippen LogP contribution in [-0.2, 0) is 6.54 Å². The number of nitrogens with zero attached hydrogens (tertiary/aromatic N) is 6. The molecule has 1 aliphatic carbocycles. The fourth-order valence-electron chi connectivity index (χ4n) is 3.32. The van der Waals surface area contributed by atoms with E-state index in [4.69, 9.17) is 0 Å². The molecule has 24 heavy (non-hydrogen) atoms. The van der Waals surface area contributed by atoms with E-state index in [9.17, 15) is 10.1 Å². The third-order valence-corrected chi connectivity index (χ3v) is 4.70. The summed E-state index contributed by atoms with van der Waals surface area (Å²) in [7, 11) is 0. The van der Waals surface area contributed by atoms with E-state index in [0.717, 1.165) is 37.9 Å². The molecule has 4 rings (SSSR count). The zero-order valence-corrected chi connectivity index (χ0v) is 13.3. The van der Waals surface area contributed by atoms with Crippen molar-refractivity contribution in [2.45, 2.75) is 44.2 Å². The minimum Gasteiger partial charge on any atom is -0.349 e. The first-order valence-electron chi connectivity index (χ1n) is 8.32. The molecule has 1 saturated carbocycles. The van der Waals surface area contributed by atoms with Gasteiger partial charge in [-0.25, -0.2) is 14.6 Å². The molecule has 122 valence electrons. The highest BCUT2D eigenvalue weighted by atomic mass is 16.1. The van der Waals surface area contributed by atoms with Crippen LogP contribution in [0.15, 0.2) is 29.3 Å². The van der Waals surface area contributed by atoms with Crippen molar-refractivity contribution in [3.63, 3.8) is 0 Å². The number of nitriles is 1. The van der Waals surface area contributed by atoms with Crippen LogP contribution in [0.25, 0.3) is 0 Å². The summed E-state index contributed by atoms with van der Waals surface area (Å²) in [6.07, 6.45) is 7.40. The number of rotatable bonds is 4. The molecule has 0 aromatic carbocycles. The van der Waals surface area contributed by atoms with Crippen LogP contribution >= 0.6 is 0 Å². The molecule has 7 nitrogen and oxygen atoms in total. The molecule has 1 atom stereocenters. The highest BCUT2D eigenvalue weighted by Crippen LogP contribution is 2.38. The zero-order chi connectivity index (χ0) is 16.5. The van der Waals surface area contributed by atoms with Gasteiger partial charge in [-0.3, -0.25) is 4.79 Å². The van der Waals surface area contributed by atoms with E-state index in [1.165, 1.54) is 6.20 Å². The van der Waals surface area contributed by atoms with Crippen molar-refractivity contribution < 1.29 is 0 Å². The maximum atomic E-state index is 12.2. The lowest BCUT2D eigenvalue weighted by Crippen LogP contribution is -2.38. The monoisotopic (exact) mass is 322 g/mol. The van der Waals surface area contributed by atoms with Crippen molar-refractivity contribution in [1.29, 1.82) is 5.26 Å². The van der Waals surface area contributed by atoms with Gasteiger partial charge < -0.3 is 4.90 Å². The van der Waals surface area contributed by atoms with E-state index in [2.05, 4.69) is 26.0 Å². The molecule has 2 aromatic rings. The first-order chi connectivity index (χ1) is 11.8. The predicted octanol–water partition coefficient (Wildman–Crippen LogP) is 1.45. The normalized spacial score (nSPS) is 20.1. The first-order valence-corrected chi connectivity index (χ1v) is 8.32. The summed E-state index contributed by atoms with van der Waals surface area (Å²) < 4.78 is 1.57. The molecule has 1 saturated heterocycles. The Kier molecular flexibility index (Phi) is 3.73. The lowest BCUT2D eigenvalue weighted by molar-refractivity contribution is 0.480. The van der Waals surface area contributed by atoms with Crippen LogP contribution < -0.4 is 10.5 Å². The van der Waals surface area contributed by atoms with Crippen molar-refractivity contribution in [2.24, 2.45) is 0 Å². The van der Waals surface area contributed by atoms with Gasteiger partial charge in [-0.2, -0.15) is 10.4 Å². The van der Waals surface area contributed by atoms with Crippen LogP contribution in [0, 0.1) is 11.3 Å². The molecule has 0 bridgehead atoms. The van der Waals surface area contributed by atoms with E-state index in [-0.39, 0.29) is 11.6 Å². The van der Waals surface area contributed by atoms with Crippen molar-refractivity contribution >= 4 is 5.82 Å². The van der Waals surface area contributed by atoms with Gasteiger partial charge >= 0.3 is 0 Å². The second kappa shape index (κ2) is 6.04. The Morgan fingerprint density at radius 2 is 2.04 bits per heavy atom. The van der Waals surface area contributed by atoms with E-state index >= 15 is 0 Å². The molecule has 0 radical (unpaired) electrons. The van der Waals surface area contributed by atoms with Gasteiger partial charge in [-0.1, -0.05) is 0 Å². The minimum absolute atomic E-state index is 0.0779. The third kappa shape index (κ3) is 2.75. The van der Waals surface area contributed by atoms with Crippen LogP contribution in [0.5, 0.6) is 0 Å². The molecule has 2 aliphatic rings. The predicted molar refractivity (Wildman–Crippen MR) is 87.6 cm³/mol. The van der Waals surface area contributed by atoms with Crippen LogP contribution in [0.1, 0.15) is 43.0 Å². The third-order valence-electron chi connectivity index (χ3n) is 4.70. The van der Waals surface area contributed by atoms with Gasteiger partial charge in [0.25, 0.3) is 5.56 Å². The van der Waals surface area contributed by atoms with Crippen molar-refractivity contribution in [2.75, 3.05) is 11.4 Å². The van der Waals surface area contributed by atoms with Gasteiger partial charge in [0, 0.05) is 30.9 Å². The van der Waals surface area contributed by atoms with E-state index < -0.39 is 0 Å². The smallest absolute Gasteiger partial charge is 0.266 e. The maximum absolute atomic E-state index is 12.2. The topological polar surface area (TPSA) is 87.7 Å². The fraction of sp³-hybridized carbons (Fsp3) is 0.471. The van der Waals surface area contributed by atoms with Crippen molar-refractivity contribution in [3.05, 3.63) is 46.3 Å². The quantitative estimate of drug-likeness (QED) is 0.846. The number of hydrogen-bond donors (Lipinski definition) is 0. The zero-order valence-electron chi connectivity index (χ0n) is 13.3. The summed E-state index contributed by atoms with van der Waals surface area (Å²) in [5.41, 5.74) is 1.26. The lowest BCUT2D eigenvalue weighted by atomic mass is 10.2. The Morgan fingerprint density at radius 3 is 2.83 bits per heavy atom. The first kappa shape index (κ1) is 14.8. The Balaban J connectivity index is 1.61. The van der Waals surface area contributed by atoms with Crippen LogP contribution in [0.2, 0.25) is 0 Å². The maximum Gasteiger partial charge on any atom is 0.266 e. The Bertz CT molecular complexity index is 851. The molecule has 2 aromatic heterocycles. The Morgan fingerprint density at radius 1 is 1.21 bits per heavy atom. The summed E-state index contributed by atoms with van der Waals surface area (Å²) >= 11 is 0. The highest BCUT2D eigenvalue weighted by Gasteiger charge is 2.30. The summed E-state index contributed by atoms with van der Waals surface area (Å²) in [4.78, 5) is 22.7. The molecule has 1 aliphatic heterocycles. The molecule has 7 heteroatoms. The molecule has 0 N–H and O–H groups in total. The van der Waals surface area contributed by atoms with Crippen LogP contribution in [0.3, 0.4) is 0 Å². The van der Waals surface area contributed by atoms with Gasteiger partial charge in [0.05, 0.1) is 18.3 Å². The molecule has 1 unspecified atom stereocenters. The summed E-state index contributed by atoms with van der Waals surface area (Å²) in [5, 5.41) is 13.8. The Labute approximate surface area is 139 Å². The van der Waals surface area contributed by atoms with Gasteiger partial charge in [0.15, 0.2) is 11.5 Å². The molecule has 0 spiro atoms. The number of anilines is 1. The number of aromatic nitrogens is 4. The van der Waals surface area contributed by atoms with Crippen molar-refractivity contribution in [3.8, 4) is 6.07 Å². The summed E-state index contributed by atoms with van der Waals surface area (Å²) in [5.74, 6) is 1.12. The standard InChI is InChI=1S/C17H18N6O/c18-10-15-17(20-8-7-19-15)22-9-1-2-13(22)11-23-16(24)6-5-14(21-23)12-3-4-12/h5-8,12-13H,1-4,9,11H2. The SMILES string of the molecule is N#Cc1nccnc1N1CCCC1Cn1nc(C2CC2)ccc1=O. The van der Waals surface area contributed by atoms with E-state index in [1.807, 2.05) is 6.07 Å². The minimum atomic E-state index is -0.0779. The summed E-state index contributed by atoms with van der Waals surface area (Å²) in [6.45, 7) is 1.33. The van der Waals surface area contributed by atoms with Crippen molar-refractivity contribution in [1.82, 2.24) is 19.7 Å². The van der Waals surface area contributed by atoms with Crippen LogP contribution in [0.4, 0.5) is 5.82 Å². The van der Waals surface area contributed by atoms with Gasteiger partial charge in [0.1, 0.15) is 6.07 Å². The van der Waals surface area contributed by atoms with E-state index in [1.54, 1.807) is 16.9 Å². The second-order valence-corrected chi connectivity index (χ2v) is 6.38. The van der Waals surface area contributed by atoms with Gasteiger partial charge in [0.2, 0.25) is 0 Å². The lowest BCUT2D eigenvalue weighted by Gasteiger charge is -2.26. The molecular weight excluding hydrogens is 304 g/mol. The Hall–Kier alpha value is -2.75. The average Bonchev–Trinajstić information content (AvgIpc) is 3.36. The van der Waals surface area contributed by atoms with Gasteiger partial charge in [-0.05, 0) is 31.7 Å². The second-order valence-electron chi connectivity index (χ2n) is 6.38. The molecule has 3 heterocycles. The molecular formula is C17H18N6O. The van der Waals surface area contributed by atoms with Crippen LogP contribution in [-0.4, -0.2) is 32.3 Å². The largest absolute Gasteiger partial charge is 0.349 e. The number of hydrogen-bond acceptors (Lipinski definition) is 6. The fourth-order valence-corrected chi connectivity index (χ4v) is 3.32. The molecule has 0 amide bonds. The van der Waals surface area contributed by atoms with E-state index in [0.29, 0.717) is 24.0 Å². The summed E-state index contributed by atoms with van der Waals surface area (Å²) in [6, 6.07) is 5.67. The highest BCUT2D eigenvalue weighted by molar-refractivity contribution is 5.51.